The number of rotatable bonds is 5. The summed E-state index contributed by atoms with van der Waals surface area (Å²) in [7, 11) is -1.64. The number of hydrogen-bond donors (Lipinski definition) is 1. The predicted molar refractivity (Wildman–Crippen MR) is 87.8 cm³/mol. The van der Waals surface area contributed by atoms with Crippen molar-refractivity contribution in [2.24, 2.45) is 7.05 Å². The largest absolute Gasteiger partial charge is 0.376 e. The van der Waals surface area contributed by atoms with Crippen LogP contribution in [0.4, 0.5) is 0 Å². The zero-order valence-electron chi connectivity index (χ0n) is 12.9. The first-order valence-electron chi connectivity index (χ1n) is 7.39. The molecule has 7 heteroatoms. The molecule has 1 N–H and O–H groups in total. The Labute approximate surface area is 135 Å². The maximum absolute atomic E-state index is 12.1. The van der Waals surface area contributed by atoms with Gasteiger partial charge in [-0.3, -0.25) is 4.68 Å². The molecule has 23 heavy (non-hydrogen) atoms. The highest BCUT2D eigenvalue weighted by Gasteiger charge is 2.20. The standard InChI is InChI=1S/C16H19N3O3S/c1-19-16-7-9-22-12-14(16)15(18-19)11-17-23(20,21)10-8-13-5-3-2-4-6-13/h2-6,8,10,17H,7,9,11-12H2,1H3/b10-8+. The van der Waals surface area contributed by atoms with Gasteiger partial charge in [0.2, 0.25) is 10.0 Å². The number of sulfonamides is 1. The van der Waals surface area contributed by atoms with Crippen LogP contribution in [0.2, 0.25) is 0 Å². The van der Waals surface area contributed by atoms with E-state index >= 15 is 0 Å². The van der Waals surface area contributed by atoms with Gasteiger partial charge in [-0.15, -0.1) is 0 Å². The average molecular weight is 333 g/mol. The number of ether oxygens (including phenoxy) is 1. The minimum absolute atomic E-state index is 0.161. The second-order valence-electron chi connectivity index (χ2n) is 5.38. The Bertz CT molecular complexity index is 811. The summed E-state index contributed by atoms with van der Waals surface area (Å²) >= 11 is 0. The van der Waals surface area contributed by atoms with Gasteiger partial charge in [0.1, 0.15) is 0 Å². The maximum atomic E-state index is 12.1. The molecule has 0 saturated heterocycles. The van der Waals surface area contributed by atoms with Gasteiger partial charge in [-0.05, 0) is 11.6 Å². The summed E-state index contributed by atoms with van der Waals surface area (Å²) in [6, 6.07) is 9.30. The third-order valence-electron chi connectivity index (χ3n) is 3.77. The van der Waals surface area contributed by atoms with Crippen molar-refractivity contribution in [2.45, 2.75) is 19.6 Å². The normalized spacial score (nSPS) is 15.0. The van der Waals surface area contributed by atoms with E-state index in [1.165, 1.54) is 5.41 Å². The molecule has 0 spiro atoms. The summed E-state index contributed by atoms with van der Waals surface area (Å²) in [4.78, 5) is 0. The summed E-state index contributed by atoms with van der Waals surface area (Å²) < 4.78 is 34.0. The second-order valence-corrected chi connectivity index (χ2v) is 7.03. The van der Waals surface area contributed by atoms with Crippen LogP contribution < -0.4 is 4.72 Å². The third kappa shape index (κ3) is 3.87. The second kappa shape index (κ2) is 6.66. The van der Waals surface area contributed by atoms with E-state index in [1.807, 2.05) is 37.4 Å². The smallest absolute Gasteiger partial charge is 0.234 e. The van der Waals surface area contributed by atoms with Crippen molar-refractivity contribution in [3.8, 4) is 0 Å². The van der Waals surface area contributed by atoms with Gasteiger partial charge in [-0.2, -0.15) is 5.10 Å². The minimum Gasteiger partial charge on any atom is -0.376 e. The number of fused-ring (bicyclic) bond motifs is 1. The minimum atomic E-state index is -3.52. The van der Waals surface area contributed by atoms with Gasteiger partial charge in [0, 0.05) is 30.1 Å². The van der Waals surface area contributed by atoms with Gasteiger partial charge in [-0.1, -0.05) is 30.3 Å². The fourth-order valence-corrected chi connectivity index (χ4v) is 3.35. The molecule has 1 aliphatic rings. The number of aryl methyl sites for hydroxylation is 1. The highest BCUT2D eigenvalue weighted by Crippen LogP contribution is 2.20. The molecule has 1 aromatic carbocycles. The van der Waals surface area contributed by atoms with Crippen molar-refractivity contribution < 1.29 is 13.2 Å². The van der Waals surface area contributed by atoms with Gasteiger partial charge < -0.3 is 4.74 Å². The van der Waals surface area contributed by atoms with E-state index in [9.17, 15) is 8.42 Å². The van der Waals surface area contributed by atoms with E-state index < -0.39 is 10.0 Å². The lowest BCUT2D eigenvalue weighted by molar-refractivity contribution is 0.108. The Morgan fingerprint density at radius 3 is 2.91 bits per heavy atom. The summed E-state index contributed by atoms with van der Waals surface area (Å²) in [5.74, 6) is 0. The van der Waals surface area contributed by atoms with Crippen LogP contribution in [0.1, 0.15) is 22.5 Å². The first kappa shape index (κ1) is 15.9. The highest BCUT2D eigenvalue weighted by molar-refractivity contribution is 7.92. The van der Waals surface area contributed by atoms with Crippen LogP contribution in [0.15, 0.2) is 35.7 Å². The third-order valence-corrected chi connectivity index (χ3v) is 4.81. The number of benzene rings is 1. The van der Waals surface area contributed by atoms with Gasteiger partial charge in [-0.25, -0.2) is 13.1 Å². The van der Waals surface area contributed by atoms with Crippen LogP contribution >= 0.6 is 0 Å². The van der Waals surface area contributed by atoms with E-state index in [-0.39, 0.29) is 6.54 Å². The van der Waals surface area contributed by atoms with Gasteiger partial charge in [0.05, 0.1) is 25.5 Å². The zero-order valence-corrected chi connectivity index (χ0v) is 13.7. The van der Waals surface area contributed by atoms with Gasteiger partial charge in [0.25, 0.3) is 0 Å². The zero-order chi connectivity index (χ0) is 16.3. The maximum Gasteiger partial charge on any atom is 0.234 e. The van der Waals surface area contributed by atoms with Crippen LogP contribution in [0, 0.1) is 0 Å². The summed E-state index contributed by atoms with van der Waals surface area (Å²) in [5, 5.41) is 5.57. The molecule has 0 atom stereocenters. The molecule has 1 aliphatic heterocycles. The lowest BCUT2D eigenvalue weighted by Gasteiger charge is -2.13. The van der Waals surface area contributed by atoms with E-state index in [4.69, 9.17) is 4.74 Å². The Balaban J connectivity index is 1.69. The lowest BCUT2D eigenvalue weighted by Crippen LogP contribution is -2.22. The van der Waals surface area contributed by atoms with Crippen LogP contribution in [-0.2, 0) is 41.4 Å². The van der Waals surface area contributed by atoms with Crippen molar-refractivity contribution >= 4 is 16.1 Å². The van der Waals surface area contributed by atoms with Gasteiger partial charge in [0.15, 0.2) is 0 Å². The summed E-state index contributed by atoms with van der Waals surface area (Å²) in [5.41, 5.74) is 3.67. The van der Waals surface area contributed by atoms with Crippen LogP contribution in [0.5, 0.6) is 0 Å². The first-order chi connectivity index (χ1) is 11.1. The predicted octanol–water partition coefficient (Wildman–Crippen LogP) is 1.58. The van der Waals surface area contributed by atoms with Crippen LogP contribution in [0.3, 0.4) is 0 Å². The molecule has 2 aromatic rings. The molecular formula is C16H19N3O3S. The Hall–Kier alpha value is -1.96. The van der Waals surface area contributed by atoms with Gasteiger partial charge >= 0.3 is 0 Å². The first-order valence-corrected chi connectivity index (χ1v) is 8.94. The fraction of sp³-hybridized carbons (Fsp3) is 0.312. The molecule has 0 saturated carbocycles. The van der Waals surface area contributed by atoms with E-state index in [2.05, 4.69) is 9.82 Å². The molecule has 0 aliphatic carbocycles. The van der Waals surface area contributed by atoms with E-state index in [0.717, 1.165) is 28.9 Å². The average Bonchev–Trinajstić information content (AvgIpc) is 2.89. The van der Waals surface area contributed by atoms with Crippen molar-refractivity contribution in [3.05, 3.63) is 58.3 Å². The molecule has 0 unspecified atom stereocenters. The number of aromatic nitrogens is 2. The molecule has 6 nitrogen and oxygen atoms in total. The number of nitrogens with zero attached hydrogens (tertiary/aromatic N) is 2. The Morgan fingerprint density at radius 2 is 2.13 bits per heavy atom. The molecule has 0 bridgehead atoms. The Morgan fingerprint density at radius 1 is 1.35 bits per heavy atom. The molecular weight excluding hydrogens is 314 g/mol. The quantitative estimate of drug-likeness (QED) is 0.902. The van der Waals surface area contributed by atoms with Crippen molar-refractivity contribution in [1.82, 2.24) is 14.5 Å². The lowest BCUT2D eigenvalue weighted by atomic mass is 10.1. The summed E-state index contributed by atoms with van der Waals surface area (Å²) in [6.45, 7) is 1.32. The van der Waals surface area contributed by atoms with Crippen molar-refractivity contribution in [1.29, 1.82) is 0 Å². The number of nitrogens with one attached hydrogen (secondary N) is 1. The van der Waals surface area contributed by atoms with Crippen molar-refractivity contribution in [3.63, 3.8) is 0 Å². The van der Waals surface area contributed by atoms with E-state index in [1.54, 1.807) is 10.8 Å². The molecule has 3 rings (SSSR count). The van der Waals surface area contributed by atoms with E-state index in [0.29, 0.717) is 13.2 Å². The molecule has 0 fully saturated rings. The highest BCUT2D eigenvalue weighted by atomic mass is 32.2. The fourth-order valence-electron chi connectivity index (χ4n) is 2.58. The van der Waals surface area contributed by atoms with Crippen molar-refractivity contribution in [2.75, 3.05) is 6.61 Å². The molecule has 122 valence electrons. The topological polar surface area (TPSA) is 73.2 Å². The van der Waals surface area contributed by atoms with Crippen LogP contribution in [0.25, 0.3) is 6.08 Å². The molecule has 0 amide bonds. The Kier molecular flexibility index (Phi) is 4.61. The summed E-state index contributed by atoms with van der Waals surface area (Å²) in [6.07, 6.45) is 2.37. The molecule has 2 heterocycles. The SMILES string of the molecule is Cn1nc(CNS(=O)(=O)/C=C/c2ccccc2)c2c1CCOC2. The van der Waals surface area contributed by atoms with Crippen LogP contribution in [-0.4, -0.2) is 24.8 Å². The monoisotopic (exact) mass is 333 g/mol. The molecule has 0 radical (unpaired) electrons. The molecule has 1 aromatic heterocycles. The number of hydrogen-bond acceptors (Lipinski definition) is 4.